The minimum atomic E-state index is -6.00. The SMILES string of the molecule is F[B-](F)(F)F.N#[N+]c1ccccc1Cl. The summed E-state index contributed by atoms with van der Waals surface area (Å²) < 4.78 is 39.0. The average molecular weight is 226 g/mol. The van der Waals surface area contributed by atoms with Gasteiger partial charge in [0.1, 0.15) is 5.02 Å². The second-order valence-corrected chi connectivity index (χ2v) is 2.45. The second-order valence-electron chi connectivity index (χ2n) is 2.05. The van der Waals surface area contributed by atoms with Crippen LogP contribution in [-0.4, -0.2) is 7.25 Å². The molecule has 0 fully saturated rings. The largest absolute Gasteiger partial charge is 0.673 e. The molecule has 76 valence electrons. The number of diazo groups is 1. The molecule has 0 radical (unpaired) electrons. The van der Waals surface area contributed by atoms with E-state index >= 15 is 0 Å². The van der Waals surface area contributed by atoms with E-state index in [1.54, 1.807) is 24.3 Å². The molecule has 0 bridgehead atoms. The smallest absolute Gasteiger partial charge is 0.418 e. The van der Waals surface area contributed by atoms with Crippen molar-refractivity contribution in [1.29, 1.82) is 5.39 Å². The summed E-state index contributed by atoms with van der Waals surface area (Å²) in [6.07, 6.45) is 0. The number of halogens is 5. The number of benzene rings is 1. The van der Waals surface area contributed by atoms with Crippen LogP contribution in [0.2, 0.25) is 5.02 Å². The molecule has 0 aliphatic rings. The third kappa shape index (κ3) is 7.37. The van der Waals surface area contributed by atoms with Gasteiger partial charge in [0, 0.05) is 6.07 Å². The van der Waals surface area contributed by atoms with Crippen molar-refractivity contribution >= 4 is 24.5 Å². The van der Waals surface area contributed by atoms with Crippen molar-refractivity contribution < 1.29 is 17.3 Å². The van der Waals surface area contributed by atoms with Crippen LogP contribution < -0.4 is 0 Å². The third-order valence-electron chi connectivity index (χ3n) is 0.960. The highest BCUT2D eigenvalue weighted by Crippen LogP contribution is 2.22. The second kappa shape index (κ2) is 5.45. The van der Waals surface area contributed by atoms with Crippen molar-refractivity contribution in [1.82, 2.24) is 0 Å². The Morgan fingerprint density at radius 1 is 1.14 bits per heavy atom. The first kappa shape index (κ1) is 12.7. The summed E-state index contributed by atoms with van der Waals surface area (Å²) in [5, 5.41) is 8.72. The lowest BCUT2D eigenvalue weighted by Gasteiger charge is -1.94. The van der Waals surface area contributed by atoms with Crippen molar-refractivity contribution in [2.45, 2.75) is 0 Å². The Hall–Kier alpha value is -1.29. The van der Waals surface area contributed by atoms with Crippen molar-refractivity contribution in [2.75, 3.05) is 0 Å². The molecule has 0 saturated carbocycles. The minimum absolute atomic E-state index is 0.402. The van der Waals surface area contributed by atoms with Gasteiger partial charge in [-0.05, 0) is 6.07 Å². The summed E-state index contributed by atoms with van der Waals surface area (Å²) in [5.41, 5.74) is 0.402. The Morgan fingerprint density at radius 3 is 1.86 bits per heavy atom. The van der Waals surface area contributed by atoms with Gasteiger partial charge in [0.05, 0.1) is 0 Å². The maximum absolute atomic E-state index is 9.75. The van der Waals surface area contributed by atoms with Gasteiger partial charge in [0.2, 0.25) is 5.39 Å². The summed E-state index contributed by atoms with van der Waals surface area (Å²) in [6, 6.07) is 6.82. The van der Waals surface area contributed by atoms with Gasteiger partial charge in [0.15, 0.2) is 4.98 Å². The van der Waals surface area contributed by atoms with Gasteiger partial charge < -0.3 is 17.3 Å². The molecule has 1 aromatic carbocycles. The monoisotopic (exact) mass is 226 g/mol. The fourth-order valence-electron chi connectivity index (χ4n) is 0.533. The average Bonchev–Trinajstić information content (AvgIpc) is 2.02. The predicted octanol–water partition coefficient (Wildman–Crippen LogP) is 4.12. The highest BCUT2D eigenvalue weighted by Gasteiger charge is 2.20. The molecule has 0 aliphatic carbocycles. The Kier molecular flexibility index (Phi) is 4.95. The first-order valence-electron chi connectivity index (χ1n) is 3.31. The zero-order valence-electron chi connectivity index (χ0n) is 6.67. The Labute approximate surface area is 82.2 Å². The molecular formula is C6H4BClF4N2. The first-order chi connectivity index (χ1) is 6.34. The maximum atomic E-state index is 9.75. The maximum Gasteiger partial charge on any atom is 0.673 e. The van der Waals surface area contributed by atoms with E-state index in [4.69, 9.17) is 17.0 Å². The topological polar surface area (TPSA) is 28.1 Å². The molecule has 0 heterocycles. The summed E-state index contributed by atoms with van der Waals surface area (Å²) in [6.45, 7) is 0. The van der Waals surface area contributed by atoms with Crippen LogP contribution in [0.3, 0.4) is 0 Å². The zero-order chi connectivity index (χ0) is 11.2. The van der Waals surface area contributed by atoms with E-state index in [9.17, 15) is 17.3 Å². The van der Waals surface area contributed by atoms with Gasteiger partial charge in [-0.15, -0.1) is 0 Å². The number of hydrogen-bond acceptors (Lipinski definition) is 1. The Balaban J connectivity index is 0.000000292. The number of nitrogens with zero attached hydrogens (tertiary/aromatic N) is 2. The van der Waals surface area contributed by atoms with Gasteiger partial charge in [-0.2, -0.15) is 0 Å². The van der Waals surface area contributed by atoms with E-state index in [0.717, 1.165) is 0 Å². The highest BCUT2D eigenvalue weighted by molar-refractivity contribution is 6.50. The molecule has 0 unspecified atom stereocenters. The number of hydrogen-bond donors (Lipinski definition) is 0. The zero-order valence-corrected chi connectivity index (χ0v) is 7.43. The van der Waals surface area contributed by atoms with Crippen LogP contribution >= 0.6 is 11.6 Å². The normalized spacial score (nSPS) is 9.71. The summed E-state index contributed by atoms with van der Waals surface area (Å²) in [4.78, 5) is 2.94. The van der Waals surface area contributed by atoms with Crippen LogP contribution in [0.25, 0.3) is 4.98 Å². The molecule has 0 amide bonds. The molecular weight excluding hydrogens is 222 g/mol. The molecule has 2 nitrogen and oxygen atoms in total. The molecule has 1 aromatic rings. The summed E-state index contributed by atoms with van der Waals surface area (Å²) in [5.74, 6) is 0. The van der Waals surface area contributed by atoms with Gasteiger partial charge in [-0.25, -0.2) is 0 Å². The van der Waals surface area contributed by atoms with Crippen LogP contribution in [0.4, 0.5) is 23.0 Å². The predicted molar refractivity (Wildman–Crippen MR) is 46.4 cm³/mol. The van der Waals surface area contributed by atoms with Crippen LogP contribution in [0.5, 0.6) is 0 Å². The standard InChI is InChI=1S/C6H4ClN2.BF4/c7-5-3-1-2-4-6(5)9-8;2-1(3,4)5/h1-4H;/q+1;-1. The quantitative estimate of drug-likeness (QED) is 0.371. The van der Waals surface area contributed by atoms with Crippen molar-refractivity contribution in [3.05, 3.63) is 34.3 Å². The molecule has 0 N–H and O–H groups in total. The van der Waals surface area contributed by atoms with Gasteiger partial charge >= 0.3 is 12.9 Å². The summed E-state index contributed by atoms with van der Waals surface area (Å²) in [7, 11) is -6.00. The van der Waals surface area contributed by atoms with Gasteiger partial charge in [0.25, 0.3) is 0 Å². The van der Waals surface area contributed by atoms with Crippen molar-refractivity contribution in [3.8, 4) is 0 Å². The van der Waals surface area contributed by atoms with Gasteiger partial charge in [-0.3, -0.25) is 0 Å². The fourth-order valence-corrected chi connectivity index (χ4v) is 0.706. The van der Waals surface area contributed by atoms with E-state index in [2.05, 4.69) is 4.98 Å². The lowest BCUT2D eigenvalue weighted by atomic mass is 10.3. The fraction of sp³-hybridized carbons (Fsp3) is 0. The van der Waals surface area contributed by atoms with Crippen molar-refractivity contribution in [2.24, 2.45) is 0 Å². The Bertz CT molecular complexity index is 329. The van der Waals surface area contributed by atoms with Crippen molar-refractivity contribution in [3.63, 3.8) is 0 Å². The van der Waals surface area contributed by atoms with E-state index in [-0.39, 0.29) is 0 Å². The molecule has 0 spiro atoms. The van der Waals surface area contributed by atoms with E-state index in [1.807, 2.05) is 0 Å². The van der Waals surface area contributed by atoms with Crippen LogP contribution in [0, 0.1) is 5.39 Å². The first-order valence-corrected chi connectivity index (χ1v) is 3.69. The lowest BCUT2D eigenvalue weighted by Crippen LogP contribution is -2.02. The van der Waals surface area contributed by atoms with Crippen LogP contribution in [-0.2, 0) is 0 Å². The Morgan fingerprint density at radius 2 is 1.57 bits per heavy atom. The van der Waals surface area contributed by atoms with Gasteiger partial charge in [-0.1, -0.05) is 23.7 Å². The lowest BCUT2D eigenvalue weighted by molar-refractivity contribution is 0.368. The van der Waals surface area contributed by atoms with E-state index < -0.39 is 7.25 Å². The van der Waals surface area contributed by atoms with Crippen LogP contribution in [0.1, 0.15) is 0 Å². The van der Waals surface area contributed by atoms with Crippen LogP contribution in [0.15, 0.2) is 24.3 Å². The minimum Gasteiger partial charge on any atom is -0.418 e. The van der Waals surface area contributed by atoms with E-state index in [1.165, 1.54) is 0 Å². The highest BCUT2D eigenvalue weighted by atomic mass is 35.5. The molecule has 8 heteroatoms. The molecule has 14 heavy (non-hydrogen) atoms. The summed E-state index contributed by atoms with van der Waals surface area (Å²) >= 11 is 5.57. The number of rotatable bonds is 0. The molecule has 1 rings (SSSR count). The molecule has 0 saturated heterocycles. The molecule has 0 aromatic heterocycles. The molecule has 0 atom stereocenters. The van der Waals surface area contributed by atoms with E-state index in [0.29, 0.717) is 10.7 Å². The third-order valence-corrected chi connectivity index (χ3v) is 1.28. The molecule has 0 aliphatic heterocycles.